The molecule has 1 aliphatic rings. The number of rotatable bonds is 3. The van der Waals surface area contributed by atoms with Crippen molar-refractivity contribution in [3.63, 3.8) is 0 Å². The topological polar surface area (TPSA) is 48.4 Å². The Labute approximate surface area is 115 Å². The molecule has 2 atom stereocenters. The van der Waals surface area contributed by atoms with Crippen LogP contribution in [0.4, 0.5) is 0 Å². The van der Waals surface area contributed by atoms with Gasteiger partial charge in [-0.25, -0.2) is 4.98 Å². The van der Waals surface area contributed by atoms with Crippen LogP contribution in [0.2, 0.25) is 10.2 Å². The maximum atomic E-state index is 11.4. The highest BCUT2D eigenvalue weighted by Crippen LogP contribution is 2.31. The summed E-state index contributed by atoms with van der Waals surface area (Å²) in [5.74, 6) is 0.323. The third kappa shape index (κ3) is 3.06. The standard InChI is InChI=1S/C12H13Cl2NO3/c1-17-12(16)7-2-3-8(4-7)18-9-5-10(13)11(14)15-6-9/h5-8H,2-4H2,1H3/t7?,8-/m1/s1. The van der Waals surface area contributed by atoms with Gasteiger partial charge >= 0.3 is 5.97 Å². The van der Waals surface area contributed by atoms with Crippen molar-refractivity contribution < 1.29 is 14.3 Å². The fraction of sp³-hybridized carbons (Fsp3) is 0.500. The van der Waals surface area contributed by atoms with Gasteiger partial charge in [0, 0.05) is 6.07 Å². The van der Waals surface area contributed by atoms with Crippen LogP contribution in [0.1, 0.15) is 19.3 Å². The normalized spacial score (nSPS) is 22.8. The summed E-state index contributed by atoms with van der Waals surface area (Å²) in [6.45, 7) is 0. The number of halogens is 2. The molecule has 1 aromatic rings. The lowest BCUT2D eigenvalue weighted by atomic mass is 10.1. The number of nitrogens with zero attached hydrogens (tertiary/aromatic N) is 1. The zero-order chi connectivity index (χ0) is 13.1. The Morgan fingerprint density at radius 1 is 1.44 bits per heavy atom. The molecule has 6 heteroatoms. The lowest BCUT2D eigenvalue weighted by Gasteiger charge is -2.13. The van der Waals surface area contributed by atoms with Crippen LogP contribution in [0.25, 0.3) is 0 Å². The summed E-state index contributed by atoms with van der Waals surface area (Å²) in [5.41, 5.74) is 0. The number of carbonyl (C=O) groups excluding carboxylic acids is 1. The van der Waals surface area contributed by atoms with Crippen molar-refractivity contribution in [2.24, 2.45) is 5.92 Å². The van der Waals surface area contributed by atoms with E-state index >= 15 is 0 Å². The Bertz CT molecular complexity index is 453. The number of ether oxygens (including phenoxy) is 2. The number of hydrogen-bond donors (Lipinski definition) is 0. The van der Waals surface area contributed by atoms with Gasteiger partial charge in [0.1, 0.15) is 10.9 Å². The maximum absolute atomic E-state index is 11.4. The summed E-state index contributed by atoms with van der Waals surface area (Å²) >= 11 is 11.6. The molecule has 4 nitrogen and oxygen atoms in total. The van der Waals surface area contributed by atoms with Gasteiger partial charge in [0.15, 0.2) is 0 Å². The van der Waals surface area contributed by atoms with E-state index in [4.69, 9.17) is 32.7 Å². The van der Waals surface area contributed by atoms with Crippen molar-refractivity contribution in [3.05, 3.63) is 22.4 Å². The fourth-order valence-electron chi connectivity index (χ4n) is 2.09. The monoisotopic (exact) mass is 289 g/mol. The van der Waals surface area contributed by atoms with Gasteiger partial charge in [-0.1, -0.05) is 23.2 Å². The molecule has 98 valence electrons. The lowest BCUT2D eigenvalue weighted by molar-refractivity contribution is -0.145. The molecule has 1 saturated carbocycles. The van der Waals surface area contributed by atoms with Gasteiger partial charge in [-0.05, 0) is 19.3 Å². The van der Waals surface area contributed by atoms with E-state index in [9.17, 15) is 4.79 Å². The van der Waals surface area contributed by atoms with Crippen molar-refractivity contribution in [2.75, 3.05) is 7.11 Å². The minimum atomic E-state index is -0.173. The summed E-state index contributed by atoms with van der Waals surface area (Å²) in [7, 11) is 1.40. The van der Waals surface area contributed by atoms with Crippen LogP contribution in [0.5, 0.6) is 5.75 Å². The lowest BCUT2D eigenvalue weighted by Crippen LogP contribution is -2.17. The van der Waals surface area contributed by atoms with Crippen molar-refractivity contribution >= 4 is 29.2 Å². The third-order valence-corrected chi connectivity index (χ3v) is 3.68. The SMILES string of the molecule is COC(=O)C1CC[C@@H](Oc2cnc(Cl)c(Cl)c2)C1. The molecule has 0 amide bonds. The summed E-state index contributed by atoms with van der Waals surface area (Å²) in [5, 5.41) is 0.611. The first-order chi connectivity index (χ1) is 8.60. The fourth-order valence-corrected chi connectivity index (χ4v) is 2.35. The summed E-state index contributed by atoms with van der Waals surface area (Å²) in [4.78, 5) is 15.3. The van der Waals surface area contributed by atoms with E-state index < -0.39 is 0 Å². The Morgan fingerprint density at radius 2 is 2.22 bits per heavy atom. The van der Waals surface area contributed by atoms with Crippen LogP contribution in [-0.2, 0) is 9.53 Å². The van der Waals surface area contributed by atoms with Crippen molar-refractivity contribution in [2.45, 2.75) is 25.4 Å². The summed E-state index contributed by atoms with van der Waals surface area (Å²) < 4.78 is 10.4. The Balaban J connectivity index is 1.95. The molecule has 0 N–H and O–H groups in total. The van der Waals surface area contributed by atoms with Crippen molar-refractivity contribution in [1.82, 2.24) is 4.98 Å². The number of aromatic nitrogens is 1. The zero-order valence-electron chi connectivity index (χ0n) is 9.86. The average molecular weight is 290 g/mol. The van der Waals surface area contributed by atoms with E-state index in [2.05, 4.69) is 4.98 Å². The molecular formula is C12H13Cl2NO3. The molecule has 1 aromatic heterocycles. The molecule has 0 radical (unpaired) electrons. The average Bonchev–Trinajstić information content (AvgIpc) is 2.81. The van der Waals surface area contributed by atoms with Crippen LogP contribution < -0.4 is 4.74 Å². The van der Waals surface area contributed by atoms with Crippen LogP contribution in [-0.4, -0.2) is 24.2 Å². The number of esters is 1. The predicted molar refractivity (Wildman–Crippen MR) is 68.0 cm³/mol. The van der Waals surface area contributed by atoms with Crippen molar-refractivity contribution in [1.29, 1.82) is 0 Å². The van der Waals surface area contributed by atoms with Gasteiger partial charge in [-0.3, -0.25) is 4.79 Å². The number of pyridine rings is 1. The van der Waals surface area contributed by atoms with Gasteiger partial charge in [-0.2, -0.15) is 0 Å². The first kappa shape index (κ1) is 13.4. The van der Waals surface area contributed by atoms with Crippen LogP contribution in [0.3, 0.4) is 0 Å². The van der Waals surface area contributed by atoms with E-state index in [-0.39, 0.29) is 23.1 Å². The Hall–Kier alpha value is -1.000. The van der Waals surface area contributed by atoms with E-state index in [1.54, 1.807) is 6.07 Å². The molecule has 1 aliphatic carbocycles. The van der Waals surface area contributed by atoms with Crippen molar-refractivity contribution in [3.8, 4) is 5.75 Å². The second kappa shape index (κ2) is 5.76. The molecule has 1 fully saturated rings. The number of methoxy groups -OCH3 is 1. The highest BCUT2D eigenvalue weighted by Gasteiger charge is 2.31. The molecule has 18 heavy (non-hydrogen) atoms. The smallest absolute Gasteiger partial charge is 0.308 e. The molecule has 0 spiro atoms. The van der Waals surface area contributed by atoms with Crippen LogP contribution in [0.15, 0.2) is 12.3 Å². The molecular weight excluding hydrogens is 277 g/mol. The van der Waals surface area contributed by atoms with Crippen LogP contribution >= 0.6 is 23.2 Å². The summed E-state index contributed by atoms with van der Waals surface area (Å²) in [6, 6.07) is 1.63. The molecule has 1 unspecified atom stereocenters. The van der Waals surface area contributed by atoms with Gasteiger partial charge < -0.3 is 9.47 Å². The largest absolute Gasteiger partial charge is 0.489 e. The number of hydrogen-bond acceptors (Lipinski definition) is 4. The van der Waals surface area contributed by atoms with E-state index in [0.29, 0.717) is 17.2 Å². The van der Waals surface area contributed by atoms with Gasteiger partial charge in [-0.15, -0.1) is 0 Å². The molecule has 0 saturated heterocycles. The maximum Gasteiger partial charge on any atom is 0.308 e. The first-order valence-corrected chi connectivity index (χ1v) is 6.41. The molecule has 0 bridgehead atoms. The van der Waals surface area contributed by atoms with E-state index in [1.807, 2.05) is 0 Å². The summed E-state index contributed by atoms with van der Waals surface area (Å²) in [6.07, 6.45) is 3.78. The third-order valence-electron chi connectivity index (χ3n) is 2.99. The van der Waals surface area contributed by atoms with Gasteiger partial charge in [0.25, 0.3) is 0 Å². The molecule has 0 aliphatic heterocycles. The molecule has 2 rings (SSSR count). The zero-order valence-corrected chi connectivity index (χ0v) is 11.4. The highest BCUT2D eigenvalue weighted by atomic mass is 35.5. The number of carbonyl (C=O) groups is 1. The quantitative estimate of drug-likeness (QED) is 0.634. The van der Waals surface area contributed by atoms with Crippen LogP contribution in [0, 0.1) is 5.92 Å². The first-order valence-electron chi connectivity index (χ1n) is 5.65. The second-order valence-electron chi connectivity index (χ2n) is 4.22. The minimum absolute atomic E-state index is 0.00635. The molecule has 0 aromatic carbocycles. The second-order valence-corrected chi connectivity index (χ2v) is 4.98. The molecule has 1 heterocycles. The Kier molecular flexibility index (Phi) is 4.30. The minimum Gasteiger partial charge on any atom is -0.489 e. The van der Waals surface area contributed by atoms with E-state index in [0.717, 1.165) is 12.8 Å². The van der Waals surface area contributed by atoms with Gasteiger partial charge in [0.05, 0.1) is 30.4 Å². The predicted octanol–water partition coefficient (Wildman–Crippen LogP) is 3.11. The van der Waals surface area contributed by atoms with E-state index in [1.165, 1.54) is 13.3 Å². The van der Waals surface area contributed by atoms with Gasteiger partial charge in [0.2, 0.25) is 0 Å². The highest BCUT2D eigenvalue weighted by molar-refractivity contribution is 6.41. The Morgan fingerprint density at radius 3 is 2.89 bits per heavy atom.